The van der Waals surface area contributed by atoms with E-state index in [9.17, 15) is 28.5 Å². The van der Waals surface area contributed by atoms with Crippen LogP contribution in [0.4, 0.5) is 20.2 Å². The van der Waals surface area contributed by atoms with Crippen LogP contribution in [0.1, 0.15) is 33.2 Å². The number of alkyl halides is 2. The van der Waals surface area contributed by atoms with Gasteiger partial charge in [0, 0.05) is 28.9 Å². The molecule has 0 fully saturated rings. The first-order chi connectivity index (χ1) is 13.2. The number of anilines is 1. The van der Waals surface area contributed by atoms with Gasteiger partial charge in [0.25, 0.3) is 11.6 Å². The van der Waals surface area contributed by atoms with Crippen LogP contribution in [0.25, 0.3) is 0 Å². The molecule has 2 rings (SSSR count). The molecule has 2 aromatic rings. The van der Waals surface area contributed by atoms with Crippen LogP contribution in [-0.4, -0.2) is 30.0 Å². The number of nitro groups is 1. The first kappa shape index (κ1) is 20.7. The van der Waals surface area contributed by atoms with Gasteiger partial charge in [0.2, 0.25) is 0 Å². The van der Waals surface area contributed by atoms with Crippen molar-refractivity contribution in [3.8, 4) is 5.75 Å². The molecule has 0 atom stereocenters. The van der Waals surface area contributed by atoms with E-state index in [2.05, 4.69) is 10.1 Å². The molecule has 0 saturated heterocycles. The van der Waals surface area contributed by atoms with E-state index in [4.69, 9.17) is 4.74 Å². The Morgan fingerprint density at radius 1 is 1.21 bits per heavy atom. The van der Waals surface area contributed by atoms with Gasteiger partial charge in [0.15, 0.2) is 0 Å². The number of hydrogen-bond donors (Lipinski definition) is 1. The van der Waals surface area contributed by atoms with Gasteiger partial charge in [-0.1, -0.05) is 6.07 Å². The van der Waals surface area contributed by atoms with Crippen molar-refractivity contribution in [2.75, 3.05) is 11.9 Å². The highest BCUT2D eigenvalue weighted by atomic mass is 19.3. The summed E-state index contributed by atoms with van der Waals surface area (Å²) in [6.07, 6.45) is 0. The summed E-state index contributed by atoms with van der Waals surface area (Å²) in [7, 11) is 0. The van der Waals surface area contributed by atoms with Gasteiger partial charge < -0.3 is 14.8 Å². The zero-order chi connectivity index (χ0) is 20.8. The summed E-state index contributed by atoms with van der Waals surface area (Å²) in [5.41, 5.74) is -0.383. The van der Waals surface area contributed by atoms with Crippen LogP contribution >= 0.6 is 0 Å². The average Bonchev–Trinajstić information content (AvgIpc) is 2.64. The van der Waals surface area contributed by atoms with Gasteiger partial charge in [0.1, 0.15) is 5.75 Å². The molecule has 2 aromatic carbocycles. The van der Waals surface area contributed by atoms with Crippen molar-refractivity contribution in [3.05, 3.63) is 63.2 Å². The first-order valence-corrected chi connectivity index (χ1v) is 8.05. The third-order valence-corrected chi connectivity index (χ3v) is 3.65. The standard InChI is InChI=1S/C18H16F2N2O6/c1-3-27-17(24)12-7-11(8-13(9-12)22(25)26)16(23)21-14-5-4-6-15(10(14)2)28-18(19)20/h4-9,18H,3H2,1-2H3,(H,21,23). The van der Waals surface area contributed by atoms with E-state index in [1.807, 2.05) is 0 Å². The summed E-state index contributed by atoms with van der Waals surface area (Å²) in [5, 5.41) is 13.6. The van der Waals surface area contributed by atoms with Gasteiger partial charge in [-0.05, 0) is 32.0 Å². The summed E-state index contributed by atoms with van der Waals surface area (Å²) in [6, 6.07) is 7.30. The number of nitrogens with zero attached hydrogens (tertiary/aromatic N) is 1. The number of amides is 1. The molecule has 10 heteroatoms. The van der Waals surface area contributed by atoms with E-state index in [0.717, 1.165) is 18.2 Å². The molecule has 1 N–H and O–H groups in total. The minimum atomic E-state index is -3.03. The SMILES string of the molecule is CCOC(=O)c1cc(C(=O)Nc2cccc(OC(F)F)c2C)cc([N+](=O)[O-])c1. The quantitative estimate of drug-likeness (QED) is 0.433. The maximum atomic E-state index is 12.5. The summed E-state index contributed by atoms with van der Waals surface area (Å²) in [4.78, 5) is 34.8. The van der Waals surface area contributed by atoms with E-state index >= 15 is 0 Å². The van der Waals surface area contributed by atoms with Gasteiger partial charge in [-0.25, -0.2) is 4.79 Å². The monoisotopic (exact) mass is 394 g/mol. The highest BCUT2D eigenvalue weighted by Crippen LogP contribution is 2.27. The van der Waals surface area contributed by atoms with Gasteiger partial charge in [-0.15, -0.1) is 0 Å². The van der Waals surface area contributed by atoms with Crippen molar-refractivity contribution < 1.29 is 32.8 Å². The Morgan fingerprint density at radius 3 is 2.50 bits per heavy atom. The van der Waals surface area contributed by atoms with E-state index in [1.54, 1.807) is 6.92 Å². The third kappa shape index (κ3) is 5.00. The lowest BCUT2D eigenvalue weighted by Crippen LogP contribution is -2.15. The normalized spacial score (nSPS) is 10.5. The number of nitro benzene ring substituents is 1. The zero-order valence-corrected chi connectivity index (χ0v) is 14.9. The predicted octanol–water partition coefficient (Wildman–Crippen LogP) is 3.93. The van der Waals surface area contributed by atoms with Crippen LogP contribution < -0.4 is 10.1 Å². The lowest BCUT2D eigenvalue weighted by atomic mass is 10.1. The minimum Gasteiger partial charge on any atom is -0.462 e. The fourth-order valence-corrected chi connectivity index (χ4v) is 2.35. The van der Waals surface area contributed by atoms with Crippen LogP contribution in [0, 0.1) is 17.0 Å². The summed E-state index contributed by atoms with van der Waals surface area (Å²) in [6.45, 7) is 0.0537. The molecule has 0 aromatic heterocycles. The number of esters is 1. The molecule has 0 bridgehead atoms. The topological polar surface area (TPSA) is 108 Å². The molecule has 0 aliphatic heterocycles. The molecule has 0 radical (unpaired) electrons. The van der Waals surface area contributed by atoms with Crippen molar-refractivity contribution in [1.82, 2.24) is 0 Å². The lowest BCUT2D eigenvalue weighted by Gasteiger charge is -2.13. The number of ether oxygens (including phenoxy) is 2. The number of benzene rings is 2. The van der Waals surface area contributed by atoms with E-state index in [0.29, 0.717) is 0 Å². The molecule has 1 amide bonds. The Balaban J connectivity index is 2.36. The lowest BCUT2D eigenvalue weighted by molar-refractivity contribution is -0.384. The molecular weight excluding hydrogens is 378 g/mol. The highest BCUT2D eigenvalue weighted by molar-refractivity contribution is 6.06. The minimum absolute atomic E-state index is 0.0547. The Bertz CT molecular complexity index is 917. The largest absolute Gasteiger partial charge is 0.462 e. The summed E-state index contributed by atoms with van der Waals surface area (Å²) < 4.78 is 34.1. The first-order valence-electron chi connectivity index (χ1n) is 8.05. The summed E-state index contributed by atoms with van der Waals surface area (Å²) in [5.74, 6) is -1.71. The second kappa shape index (κ2) is 8.89. The van der Waals surface area contributed by atoms with Gasteiger partial charge in [0.05, 0.1) is 17.1 Å². The molecule has 148 valence electrons. The van der Waals surface area contributed by atoms with Crippen molar-refractivity contribution in [3.63, 3.8) is 0 Å². The van der Waals surface area contributed by atoms with Gasteiger partial charge in [-0.2, -0.15) is 8.78 Å². The smallest absolute Gasteiger partial charge is 0.387 e. The Morgan fingerprint density at radius 2 is 1.89 bits per heavy atom. The molecule has 0 aliphatic carbocycles. The maximum Gasteiger partial charge on any atom is 0.387 e. The molecule has 0 spiro atoms. The Kier molecular flexibility index (Phi) is 6.59. The van der Waals surface area contributed by atoms with E-state index in [-0.39, 0.29) is 34.7 Å². The van der Waals surface area contributed by atoms with Crippen LogP contribution in [0.2, 0.25) is 0 Å². The van der Waals surface area contributed by atoms with Gasteiger partial charge >= 0.3 is 12.6 Å². The maximum absolute atomic E-state index is 12.5. The van der Waals surface area contributed by atoms with Crippen molar-refractivity contribution in [2.45, 2.75) is 20.5 Å². The van der Waals surface area contributed by atoms with E-state index in [1.165, 1.54) is 25.1 Å². The number of halogens is 2. The second-order valence-corrected chi connectivity index (χ2v) is 5.51. The number of rotatable bonds is 7. The predicted molar refractivity (Wildman–Crippen MR) is 94.8 cm³/mol. The molecule has 8 nitrogen and oxygen atoms in total. The number of nitrogens with one attached hydrogen (secondary N) is 1. The molecule has 0 aliphatic rings. The molecule has 28 heavy (non-hydrogen) atoms. The van der Waals surface area contributed by atoms with Crippen LogP contribution in [-0.2, 0) is 4.74 Å². The van der Waals surface area contributed by atoms with Crippen LogP contribution in [0.5, 0.6) is 5.75 Å². The van der Waals surface area contributed by atoms with Crippen LogP contribution in [0.15, 0.2) is 36.4 Å². The third-order valence-electron chi connectivity index (χ3n) is 3.65. The molecule has 0 saturated carbocycles. The van der Waals surface area contributed by atoms with Crippen LogP contribution in [0.3, 0.4) is 0 Å². The second-order valence-electron chi connectivity index (χ2n) is 5.51. The average molecular weight is 394 g/mol. The van der Waals surface area contributed by atoms with E-state index < -0.39 is 29.1 Å². The summed E-state index contributed by atoms with van der Waals surface area (Å²) >= 11 is 0. The number of carbonyl (C=O) groups is 2. The molecule has 0 unspecified atom stereocenters. The van der Waals surface area contributed by atoms with Crippen molar-refractivity contribution in [2.24, 2.45) is 0 Å². The number of carbonyl (C=O) groups excluding carboxylic acids is 2. The van der Waals surface area contributed by atoms with Crippen molar-refractivity contribution >= 4 is 23.3 Å². The highest BCUT2D eigenvalue weighted by Gasteiger charge is 2.20. The number of hydrogen-bond acceptors (Lipinski definition) is 6. The number of non-ortho nitro benzene ring substituents is 1. The Labute approximate surface area is 158 Å². The van der Waals surface area contributed by atoms with Crippen molar-refractivity contribution in [1.29, 1.82) is 0 Å². The fourth-order valence-electron chi connectivity index (χ4n) is 2.35. The zero-order valence-electron chi connectivity index (χ0n) is 14.9. The molecular formula is C18H16F2N2O6. The Hall–Kier alpha value is -3.56. The van der Waals surface area contributed by atoms with Gasteiger partial charge in [-0.3, -0.25) is 14.9 Å². The molecule has 0 heterocycles. The fraction of sp³-hybridized carbons (Fsp3) is 0.222.